The van der Waals surface area contributed by atoms with Crippen molar-refractivity contribution in [2.75, 3.05) is 139 Å². The number of benzene rings is 2. The fourth-order valence-electron chi connectivity index (χ4n) is 15.0. The Bertz CT molecular complexity index is 3120. The van der Waals surface area contributed by atoms with Gasteiger partial charge in [0.1, 0.15) is 36.9 Å². The fraction of sp³-hybridized carbons (Fsp3) is 0.697. The van der Waals surface area contributed by atoms with E-state index in [2.05, 4.69) is 22.9 Å². The molecule has 4 saturated carbocycles. The van der Waals surface area contributed by atoms with Crippen molar-refractivity contribution in [1.82, 2.24) is 16.0 Å². The van der Waals surface area contributed by atoms with E-state index in [4.69, 9.17) is 56.5 Å². The van der Waals surface area contributed by atoms with Crippen molar-refractivity contribution in [2.45, 2.75) is 167 Å². The number of esters is 2. The largest absolute Gasteiger partial charge is 0.508 e. The average Bonchev–Trinajstić information content (AvgIpc) is 1.61. The summed E-state index contributed by atoms with van der Waals surface area (Å²) in [6.45, 7) is 16.2. The van der Waals surface area contributed by atoms with E-state index < -0.39 is 22.7 Å². The fourth-order valence-corrected chi connectivity index (χ4v) is 15.0. The van der Waals surface area contributed by atoms with Gasteiger partial charge in [-0.3, -0.25) is 24.0 Å². The number of Topliss-reactive ketones (excluding diaryl/α,β-unsaturated/α-hetero) is 1. The van der Waals surface area contributed by atoms with Crippen LogP contribution in [0.4, 0.5) is 0 Å². The molecule has 6 N–H and O–H groups in total. The van der Waals surface area contributed by atoms with Crippen molar-refractivity contribution in [3.05, 3.63) is 81.7 Å². The highest BCUT2D eigenvalue weighted by Gasteiger charge is 2.71. The number of aryl methyl sites for hydroxylation is 1. The van der Waals surface area contributed by atoms with Crippen LogP contribution < -0.4 is 26.3 Å². The van der Waals surface area contributed by atoms with Crippen LogP contribution in [-0.2, 0) is 82.6 Å². The zero-order valence-corrected chi connectivity index (χ0v) is 60.0. The van der Waals surface area contributed by atoms with E-state index in [-0.39, 0.29) is 110 Å². The van der Waals surface area contributed by atoms with Gasteiger partial charge in [-0.1, -0.05) is 38.8 Å². The van der Waals surface area contributed by atoms with Gasteiger partial charge in [0, 0.05) is 94.1 Å². The number of hydrogen-bond acceptors (Lipinski definition) is 22. The van der Waals surface area contributed by atoms with Gasteiger partial charge in [0.2, 0.25) is 17.7 Å². The van der Waals surface area contributed by atoms with Gasteiger partial charge in [-0.25, -0.2) is 9.59 Å². The number of phenols is 1. The summed E-state index contributed by atoms with van der Waals surface area (Å²) >= 11 is 0. The van der Waals surface area contributed by atoms with Gasteiger partial charge in [-0.05, 0) is 161 Å². The molecule has 0 bridgehead atoms. The molecule has 101 heavy (non-hydrogen) atoms. The zero-order valence-electron chi connectivity index (χ0n) is 60.0. The number of ether oxygens (including phenoxy) is 11. The molecule has 2 heterocycles. The summed E-state index contributed by atoms with van der Waals surface area (Å²) in [6, 6.07) is 13.7. The maximum absolute atomic E-state index is 12.6. The molecule has 25 nitrogen and oxygen atoms in total. The van der Waals surface area contributed by atoms with E-state index in [0.717, 1.165) is 93.6 Å². The third-order valence-electron chi connectivity index (χ3n) is 20.7. The van der Waals surface area contributed by atoms with Gasteiger partial charge in [-0.2, -0.15) is 0 Å². The maximum atomic E-state index is 12.6. The lowest BCUT2D eigenvalue weighted by molar-refractivity contribution is -0.245. The number of carbonyl (C=O) groups excluding carboxylic acids is 6. The third kappa shape index (κ3) is 26.7. The maximum Gasteiger partial charge on any atom is 0.339 e. The van der Waals surface area contributed by atoms with Crippen LogP contribution in [-0.4, -0.2) is 207 Å². The Morgan fingerprint density at radius 2 is 1.24 bits per heavy atom. The molecule has 0 spiro atoms. The van der Waals surface area contributed by atoms with E-state index in [9.17, 15) is 48.9 Å². The number of cyclic esters (lactones) is 1. The van der Waals surface area contributed by atoms with Crippen molar-refractivity contribution in [3.63, 3.8) is 0 Å². The van der Waals surface area contributed by atoms with Crippen molar-refractivity contribution in [1.29, 1.82) is 0 Å². The number of amides is 3. The lowest BCUT2D eigenvalue weighted by Crippen LogP contribution is -2.67. The number of aliphatic hydroxyl groups is 2. The molecule has 3 amide bonds. The standard InChI is InChI=1S/C44H73N3O11.C32H40O11/c1-31(48)45-18-8-20-54-22-24-56-25-23-55-21-9-19-46-39(50)10-6-4-5-7-17-47-40(51)30-57-34-13-15-42(2)33(27-34)11-12-36-37(42)28-38(49)43(3)35(14-16-44(36,43)53)32-26-41(52)58-29-32;1-24-21-26-6-9-29(22-30(26)43-32(24)36)42-23-28(34)3-2-12-37-15-17-39-19-20-40-18-16-38-13-11-31(35)41-14-10-25-4-7-27(33)8-5-25/h26,33-38,49,53H,4-25,27-30H2,1-3H3,(H,45,48)(H,46,50)(H,47,51);4-9,21-22,33H,2-3,10-20,23H2,1H3/t33?,34-,35+,36?,37?,38+,42-,43-,44-;/m0./s1. The van der Waals surface area contributed by atoms with Gasteiger partial charge in [0.15, 0.2) is 5.78 Å². The molecule has 3 aromatic rings. The number of phenolic OH excluding ortho intramolecular Hbond substituents is 1. The Morgan fingerprint density at radius 1 is 0.614 bits per heavy atom. The van der Waals surface area contributed by atoms with Crippen LogP contribution in [0.25, 0.3) is 11.0 Å². The number of nitrogens with one attached hydrogen (secondary N) is 3. The summed E-state index contributed by atoms with van der Waals surface area (Å²) in [5, 5.41) is 43.0. The van der Waals surface area contributed by atoms with Crippen molar-refractivity contribution in [2.24, 2.45) is 34.5 Å². The highest BCUT2D eigenvalue weighted by molar-refractivity contribution is 5.85. The number of ketones is 1. The minimum absolute atomic E-state index is 0.00547. The summed E-state index contributed by atoms with van der Waals surface area (Å²) in [7, 11) is 0. The van der Waals surface area contributed by atoms with Crippen LogP contribution in [0.2, 0.25) is 0 Å². The molecule has 25 heteroatoms. The first-order valence-electron chi connectivity index (χ1n) is 36.6. The number of carbonyl (C=O) groups is 6. The molecule has 2 aromatic carbocycles. The Morgan fingerprint density at radius 3 is 1.90 bits per heavy atom. The minimum atomic E-state index is -0.981. The molecule has 1 aromatic heterocycles. The van der Waals surface area contributed by atoms with Crippen LogP contribution in [0, 0.1) is 41.4 Å². The number of aromatic hydroxyl groups is 1. The van der Waals surface area contributed by atoms with Crippen LogP contribution in [0.1, 0.15) is 147 Å². The highest BCUT2D eigenvalue weighted by Crippen LogP contribution is 2.70. The molecule has 0 radical (unpaired) electrons. The topological polar surface area (TPSA) is 331 Å². The molecular weight excluding hydrogens is 1310 g/mol. The van der Waals surface area contributed by atoms with Gasteiger partial charge in [0.05, 0.1) is 104 Å². The van der Waals surface area contributed by atoms with Gasteiger partial charge < -0.3 is 87.8 Å². The molecule has 4 aliphatic carbocycles. The highest BCUT2D eigenvalue weighted by atomic mass is 16.6. The number of unbranched alkanes of at least 4 members (excludes halogenated alkanes) is 3. The van der Waals surface area contributed by atoms with Crippen LogP contribution in [0.5, 0.6) is 11.5 Å². The normalized spacial score (nSPS) is 23.5. The van der Waals surface area contributed by atoms with Gasteiger partial charge in [-0.15, -0.1) is 0 Å². The minimum Gasteiger partial charge on any atom is -0.508 e. The summed E-state index contributed by atoms with van der Waals surface area (Å²) in [5.74, 6) is 0.586. The van der Waals surface area contributed by atoms with E-state index in [1.54, 1.807) is 61.5 Å². The summed E-state index contributed by atoms with van der Waals surface area (Å²) in [4.78, 5) is 83.0. The summed E-state index contributed by atoms with van der Waals surface area (Å²) < 4.78 is 65.6. The molecule has 5 aliphatic rings. The lowest BCUT2D eigenvalue weighted by atomic mass is 9.42. The summed E-state index contributed by atoms with van der Waals surface area (Å²) in [6.07, 6.45) is 14.9. The van der Waals surface area contributed by atoms with E-state index >= 15 is 0 Å². The van der Waals surface area contributed by atoms with Gasteiger partial charge in [0.25, 0.3) is 0 Å². The summed E-state index contributed by atoms with van der Waals surface area (Å²) in [5.41, 5.74) is 0.771. The van der Waals surface area contributed by atoms with E-state index in [1.165, 1.54) is 6.92 Å². The Balaban J connectivity index is 0.000000297. The first-order valence-corrected chi connectivity index (χ1v) is 36.6. The predicted molar refractivity (Wildman–Crippen MR) is 374 cm³/mol. The Kier molecular flexibility index (Phi) is 35.4. The molecule has 1 aliphatic heterocycles. The van der Waals surface area contributed by atoms with Crippen LogP contribution >= 0.6 is 0 Å². The quantitative estimate of drug-likeness (QED) is 0.0181. The van der Waals surface area contributed by atoms with Crippen molar-refractivity contribution in [3.8, 4) is 11.5 Å². The molecular formula is C76H113N3O22. The molecule has 4 fully saturated rings. The zero-order chi connectivity index (χ0) is 72.3. The first kappa shape index (κ1) is 81.9. The smallest absolute Gasteiger partial charge is 0.339 e. The second-order valence-electron chi connectivity index (χ2n) is 27.7. The molecule has 0 saturated heterocycles. The van der Waals surface area contributed by atoms with Crippen LogP contribution in [0.3, 0.4) is 0 Å². The lowest BCUT2D eigenvalue weighted by Gasteiger charge is -2.65. The predicted octanol–water partition coefficient (Wildman–Crippen LogP) is 7.53. The number of fused-ring (bicyclic) bond motifs is 6. The van der Waals surface area contributed by atoms with Crippen molar-refractivity contribution >= 4 is 46.4 Å². The number of rotatable bonds is 47. The molecule has 9 atom stereocenters. The Labute approximate surface area is 594 Å². The Hall–Kier alpha value is -6.39. The van der Waals surface area contributed by atoms with E-state index in [0.29, 0.717) is 167 Å². The van der Waals surface area contributed by atoms with Gasteiger partial charge >= 0.3 is 17.6 Å². The van der Waals surface area contributed by atoms with Crippen LogP contribution in [0.15, 0.2) is 69.4 Å². The van der Waals surface area contributed by atoms with Crippen molar-refractivity contribution < 1.29 is 101 Å². The first-order chi connectivity index (χ1) is 48.8. The SMILES string of the molecule is CC(=O)NCCCOCCOCCOCCCNC(=O)CCCCCCNC(=O)CO[C@H]1CC[C@@]2(C)C(CCC3C2C[C@@H](O)[C@]2(C)[C@@H](C4=CC(=O)OC4)CC[C@]32O)C1.Cc1cc2ccc(OCC(=O)CCCOCCOCCOCCOCCC(=O)OCCc3ccc(O)cc3)cc2oc1=O. The second kappa shape index (κ2) is 43.7. The molecule has 564 valence electrons. The molecule has 8 rings (SSSR count). The number of aliphatic hydroxyl groups excluding tert-OH is 1. The molecule has 3 unspecified atom stereocenters. The second-order valence-corrected chi connectivity index (χ2v) is 27.7. The van der Waals surface area contributed by atoms with E-state index in [1.807, 2.05) is 6.92 Å². The third-order valence-corrected chi connectivity index (χ3v) is 20.7. The number of hydrogen-bond donors (Lipinski definition) is 6. The average molecular weight is 1420 g/mol. The monoisotopic (exact) mass is 1420 g/mol.